The molecule has 0 aromatic carbocycles. The Labute approximate surface area is 116 Å². The van der Waals surface area contributed by atoms with Gasteiger partial charge in [0.1, 0.15) is 0 Å². The van der Waals surface area contributed by atoms with Crippen LogP contribution in [0.5, 0.6) is 0 Å². The average Bonchev–Trinajstić information content (AvgIpc) is 2.70. The molecule has 1 unspecified atom stereocenters. The minimum Gasteiger partial charge on any atom is -0.381 e. The van der Waals surface area contributed by atoms with Gasteiger partial charge in [-0.25, -0.2) is 18.1 Å². The molecule has 2 aromatic rings. The maximum atomic E-state index is 12.2. The highest BCUT2D eigenvalue weighted by Crippen LogP contribution is 2.25. The number of hydrogen-bond acceptors (Lipinski definition) is 5. The van der Waals surface area contributed by atoms with E-state index in [4.69, 9.17) is 5.73 Å². The highest BCUT2D eigenvalue weighted by atomic mass is 32.2. The number of thiazole rings is 1. The molecule has 1 atom stereocenters. The molecule has 0 spiro atoms. The quantitative estimate of drug-likeness (QED) is 0.892. The lowest BCUT2D eigenvalue weighted by atomic mass is 10.2. The monoisotopic (exact) mass is 328 g/mol. The third-order valence-electron chi connectivity index (χ3n) is 2.39. The summed E-state index contributed by atoms with van der Waals surface area (Å²) in [6.07, 6.45) is -4.29. The number of aromatic nitrogens is 2. The third kappa shape index (κ3) is 3.04. The van der Waals surface area contributed by atoms with Crippen LogP contribution in [-0.2, 0) is 10.0 Å². The summed E-state index contributed by atoms with van der Waals surface area (Å²) in [4.78, 5) is 4.19. The molecule has 0 bridgehead atoms. The molecular formula is C9H11F3N4O2S2. The van der Waals surface area contributed by atoms with Gasteiger partial charge in [-0.1, -0.05) is 0 Å². The third-order valence-corrected chi connectivity index (χ3v) is 4.78. The van der Waals surface area contributed by atoms with E-state index in [-0.39, 0.29) is 10.8 Å². The Hall–Kier alpha value is -1.33. The summed E-state index contributed by atoms with van der Waals surface area (Å²) in [6.45, 7) is 1.13. The Kier molecular flexibility index (Phi) is 3.69. The van der Waals surface area contributed by atoms with Crippen LogP contribution in [0.15, 0.2) is 16.6 Å². The molecule has 11 heteroatoms. The summed E-state index contributed by atoms with van der Waals surface area (Å²) in [5.41, 5.74) is 5.52. The predicted molar refractivity (Wildman–Crippen MR) is 67.9 cm³/mol. The zero-order valence-corrected chi connectivity index (χ0v) is 11.8. The first-order valence-corrected chi connectivity index (χ1v) is 7.76. The Morgan fingerprint density at radius 2 is 2.20 bits per heavy atom. The van der Waals surface area contributed by atoms with E-state index in [0.717, 1.165) is 6.92 Å². The molecule has 0 saturated heterocycles. The zero-order chi connectivity index (χ0) is 15.1. The van der Waals surface area contributed by atoms with Crippen molar-refractivity contribution in [3.8, 4) is 0 Å². The lowest BCUT2D eigenvalue weighted by molar-refractivity contribution is -0.137. The van der Waals surface area contributed by atoms with Crippen molar-refractivity contribution in [2.45, 2.75) is 30.6 Å². The van der Waals surface area contributed by atoms with Crippen LogP contribution < -0.4 is 10.5 Å². The van der Waals surface area contributed by atoms with Crippen LogP contribution in [0.1, 0.15) is 13.3 Å². The zero-order valence-electron chi connectivity index (χ0n) is 10.2. The van der Waals surface area contributed by atoms with E-state index in [1.165, 1.54) is 21.9 Å². The number of halogens is 3. The summed E-state index contributed by atoms with van der Waals surface area (Å²) in [6, 6.07) is -1.30. The van der Waals surface area contributed by atoms with Gasteiger partial charge in [-0.2, -0.15) is 13.2 Å². The largest absolute Gasteiger partial charge is 0.390 e. The van der Waals surface area contributed by atoms with Crippen LogP contribution in [-0.4, -0.2) is 30.0 Å². The number of nitrogens with two attached hydrogens (primary N) is 1. The number of hydrogen-bond donors (Lipinski definition) is 2. The molecule has 20 heavy (non-hydrogen) atoms. The van der Waals surface area contributed by atoms with Gasteiger partial charge in [0.15, 0.2) is 15.8 Å². The van der Waals surface area contributed by atoms with Gasteiger partial charge in [0.25, 0.3) is 10.0 Å². The van der Waals surface area contributed by atoms with E-state index in [9.17, 15) is 21.6 Å². The molecule has 0 aliphatic rings. The molecule has 0 fully saturated rings. The van der Waals surface area contributed by atoms with Gasteiger partial charge < -0.3 is 5.73 Å². The number of nitrogens with one attached hydrogen (secondary N) is 1. The van der Waals surface area contributed by atoms with Crippen molar-refractivity contribution in [2.24, 2.45) is 0 Å². The number of fused-ring (bicyclic) bond motifs is 1. The first kappa shape index (κ1) is 15.1. The van der Waals surface area contributed by atoms with Gasteiger partial charge in [-0.05, 0) is 6.92 Å². The summed E-state index contributed by atoms with van der Waals surface area (Å²) >= 11 is 1.17. The first-order valence-electron chi connectivity index (χ1n) is 5.40. The van der Waals surface area contributed by atoms with E-state index in [1.54, 1.807) is 5.38 Å². The van der Waals surface area contributed by atoms with Crippen LogP contribution in [0.3, 0.4) is 0 Å². The van der Waals surface area contributed by atoms with Gasteiger partial charge in [0.05, 0.1) is 6.42 Å². The summed E-state index contributed by atoms with van der Waals surface area (Å²) in [7, 11) is -4.18. The standard InChI is InChI=1S/C9H11F3N4O2S2/c1-5(4-9(10,11)12)15-20(17,18)7-6(13)14-8-16(7)2-3-19-8/h2-3,5,15H,4,13H2,1H3. The SMILES string of the molecule is CC(CC(F)(F)F)NS(=O)(=O)c1c(N)nc2sccn12. The topological polar surface area (TPSA) is 89.5 Å². The number of rotatable bonds is 4. The van der Waals surface area contributed by atoms with Gasteiger partial charge in [0, 0.05) is 17.6 Å². The van der Waals surface area contributed by atoms with E-state index < -0.39 is 28.7 Å². The van der Waals surface area contributed by atoms with Gasteiger partial charge in [0.2, 0.25) is 0 Å². The van der Waals surface area contributed by atoms with E-state index in [1.807, 2.05) is 4.72 Å². The van der Waals surface area contributed by atoms with Crippen LogP contribution in [0.4, 0.5) is 19.0 Å². The maximum Gasteiger partial charge on any atom is 0.390 e. The van der Waals surface area contributed by atoms with E-state index in [0.29, 0.717) is 4.96 Å². The lowest BCUT2D eigenvalue weighted by Gasteiger charge is -2.15. The molecule has 2 heterocycles. The van der Waals surface area contributed by atoms with Crippen LogP contribution in [0.2, 0.25) is 0 Å². The molecule has 2 rings (SSSR count). The second-order valence-corrected chi connectivity index (χ2v) is 6.70. The average molecular weight is 328 g/mol. The van der Waals surface area contributed by atoms with Crippen molar-refractivity contribution in [3.63, 3.8) is 0 Å². The van der Waals surface area contributed by atoms with Crippen LogP contribution >= 0.6 is 11.3 Å². The molecule has 0 saturated carbocycles. The normalized spacial score (nSPS) is 14.8. The highest BCUT2D eigenvalue weighted by molar-refractivity contribution is 7.89. The lowest BCUT2D eigenvalue weighted by Crippen LogP contribution is -2.36. The smallest absolute Gasteiger partial charge is 0.381 e. The fourth-order valence-corrected chi connectivity index (χ4v) is 3.99. The molecule has 0 amide bonds. The van der Waals surface area contributed by atoms with Gasteiger partial charge in [-0.15, -0.1) is 11.3 Å². The Bertz CT molecular complexity index is 719. The summed E-state index contributed by atoms with van der Waals surface area (Å²) < 4.78 is 64.1. The minimum absolute atomic E-state index is 0.247. The predicted octanol–water partition coefficient (Wildman–Crippen LogP) is 1.60. The number of nitrogen functional groups attached to an aromatic ring is 1. The maximum absolute atomic E-state index is 12.2. The Morgan fingerprint density at radius 1 is 1.55 bits per heavy atom. The molecule has 0 radical (unpaired) electrons. The van der Waals surface area contributed by atoms with Crippen molar-refractivity contribution in [2.75, 3.05) is 5.73 Å². The number of nitrogens with zero attached hydrogens (tertiary/aromatic N) is 2. The van der Waals surface area contributed by atoms with E-state index >= 15 is 0 Å². The molecular weight excluding hydrogens is 317 g/mol. The van der Waals surface area contributed by atoms with Gasteiger partial charge >= 0.3 is 6.18 Å². The first-order chi connectivity index (χ1) is 9.10. The fourth-order valence-electron chi connectivity index (χ4n) is 1.76. The Morgan fingerprint density at radius 3 is 2.80 bits per heavy atom. The molecule has 0 aliphatic heterocycles. The summed E-state index contributed by atoms with van der Waals surface area (Å²) in [5.74, 6) is -0.247. The fraction of sp³-hybridized carbons (Fsp3) is 0.444. The van der Waals surface area contributed by atoms with Crippen molar-refractivity contribution >= 4 is 32.1 Å². The van der Waals surface area contributed by atoms with Gasteiger partial charge in [-0.3, -0.25) is 4.40 Å². The van der Waals surface area contributed by atoms with E-state index in [2.05, 4.69) is 4.98 Å². The minimum atomic E-state index is -4.46. The summed E-state index contributed by atoms with van der Waals surface area (Å²) in [5, 5.41) is 1.25. The highest BCUT2D eigenvalue weighted by Gasteiger charge is 2.33. The van der Waals surface area contributed by atoms with Crippen LogP contribution in [0, 0.1) is 0 Å². The molecule has 0 aliphatic carbocycles. The van der Waals surface area contributed by atoms with Crippen molar-refractivity contribution in [1.82, 2.24) is 14.1 Å². The number of alkyl halides is 3. The Balaban J connectivity index is 2.31. The number of anilines is 1. The molecule has 112 valence electrons. The molecule has 2 aromatic heterocycles. The molecule has 6 nitrogen and oxygen atoms in total. The van der Waals surface area contributed by atoms with Crippen molar-refractivity contribution in [1.29, 1.82) is 0 Å². The molecule has 3 N–H and O–H groups in total. The second kappa shape index (κ2) is 4.90. The van der Waals surface area contributed by atoms with Crippen molar-refractivity contribution in [3.05, 3.63) is 11.6 Å². The van der Waals surface area contributed by atoms with Crippen molar-refractivity contribution < 1.29 is 21.6 Å². The number of sulfonamides is 1. The second-order valence-electron chi connectivity index (χ2n) is 4.20. The van der Waals surface area contributed by atoms with Crippen LogP contribution in [0.25, 0.3) is 4.96 Å². The number of imidazole rings is 1.